The SMILES string of the molecule is COC(=O)c1cnn(C)c1/N=N/c1c(C)nn(-c2cc(-n3nc(C)c(/N=N/c4c(C(=O)CO)cnn4C)c3N)ncn2)c1N. The molecule has 0 bridgehead atoms. The summed E-state index contributed by atoms with van der Waals surface area (Å²) in [7, 11) is 4.44. The number of azo groups is 2. The van der Waals surface area contributed by atoms with Crippen LogP contribution >= 0.6 is 0 Å². The van der Waals surface area contributed by atoms with Gasteiger partial charge in [-0.2, -0.15) is 29.8 Å². The smallest absolute Gasteiger partial charge is 0.343 e. The van der Waals surface area contributed by atoms with Gasteiger partial charge in [0.25, 0.3) is 0 Å². The van der Waals surface area contributed by atoms with Crippen molar-refractivity contribution in [1.29, 1.82) is 0 Å². The minimum absolute atomic E-state index is 0.102. The highest BCUT2D eigenvalue weighted by Crippen LogP contribution is 2.33. The number of ketones is 1. The molecule has 0 aliphatic heterocycles. The molecule has 0 fully saturated rings. The van der Waals surface area contributed by atoms with Gasteiger partial charge in [0.15, 0.2) is 52.1 Å². The standard InChI is InChI=1S/C24H26N16O4/c1-11-18(31-33-22-13(15(42)9-41)7-29-37(22)3)20(25)39(35-11)16-6-17(28-10-27-16)40-21(26)19(12(2)36-40)32-34-23-14(24(43)44-5)8-30-38(23)4/h6-8,10,41H,9,25-26H2,1-5H3/b33-31+,34-32+. The van der Waals surface area contributed by atoms with Crippen LogP contribution in [0.3, 0.4) is 0 Å². The first-order chi connectivity index (χ1) is 21.0. The lowest BCUT2D eigenvalue weighted by molar-refractivity contribution is 0.0601. The molecule has 0 saturated heterocycles. The van der Waals surface area contributed by atoms with Gasteiger partial charge in [0.1, 0.15) is 18.5 Å². The highest BCUT2D eigenvalue weighted by Gasteiger charge is 2.21. The van der Waals surface area contributed by atoms with E-state index in [1.165, 1.54) is 44.6 Å². The molecule has 226 valence electrons. The van der Waals surface area contributed by atoms with Gasteiger partial charge in [-0.05, 0) is 13.8 Å². The average Bonchev–Trinajstić information content (AvgIpc) is 3.74. The maximum atomic E-state index is 12.0. The van der Waals surface area contributed by atoms with Crippen molar-refractivity contribution in [2.24, 2.45) is 34.6 Å². The summed E-state index contributed by atoms with van der Waals surface area (Å²) in [6, 6.07) is 1.54. The molecule has 5 N–H and O–H groups in total. The molecule has 0 unspecified atom stereocenters. The number of esters is 1. The zero-order valence-electron chi connectivity index (χ0n) is 24.1. The van der Waals surface area contributed by atoms with Crippen LogP contribution in [-0.2, 0) is 18.8 Å². The van der Waals surface area contributed by atoms with E-state index in [9.17, 15) is 14.7 Å². The molecule has 5 rings (SSSR count). The van der Waals surface area contributed by atoms with Gasteiger partial charge < -0.3 is 21.3 Å². The second-order valence-corrected chi connectivity index (χ2v) is 9.18. The van der Waals surface area contributed by atoms with Crippen molar-refractivity contribution < 1.29 is 19.4 Å². The van der Waals surface area contributed by atoms with Crippen LogP contribution in [0.15, 0.2) is 45.2 Å². The third-order valence-electron chi connectivity index (χ3n) is 6.35. The molecule has 5 heterocycles. The number of rotatable bonds is 9. The summed E-state index contributed by atoms with van der Waals surface area (Å²) in [6.07, 6.45) is 3.90. The number of Topliss-reactive ketones (excluding diaryl/α,β-unsaturated/α-hetero) is 1. The van der Waals surface area contributed by atoms with Gasteiger partial charge >= 0.3 is 5.97 Å². The molecule has 20 nitrogen and oxygen atoms in total. The van der Waals surface area contributed by atoms with E-state index < -0.39 is 18.4 Å². The molecule has 0 aliphatic rings. The molecule has 5 aromatic rings. The van der Waals surface area contributed by atoms with Crippen molar-refractivity contribution in [2.75, 3.05) is 25.2 Å². The molecule has 0 saturated carbocycles. The largest absolute Gasteiger partial charge is 0.465 e. The van der Waals surface area contributed by atoms with E-state index in [-0.39, 0.29) is 57.4 Å². The van der Waals surface area contributed by atoms with Crippen LogP contribution in [-0.4, -0.2) is 79.7 Å². The third-order valence-corrected chi connectivity index (χ3v) is 6.35. The van der Waals surface area contributed by atoms with Gasteiger partial charge in [-0.3, -0.25) is 4.79 Å². The van der Waals surface area contributed by atoms with Crippen LogP contribution in [0.4, 0.5) is 34.6 Å². The number of nitrogens with zero attached hydrogens (tertiary/aromatic N) is 14. The minimum atomic E-state index is -0.700. The molecule has 0 amide bonds. The molecule has 0 aliphatic carbocycles. The lowest BCUT2D eigenvalue weighted by Crippen LogP contribution is -2.09. The number of aliphatic hydroxyl groups is 1. The van der Waals surface area contributed by atoms with Crippen molar-refractivity contribution in [3.05, 3.63) is 47.3 Å². The summed E-state index contributed by atoms with van der Waals surface area (Å²) in [5, 5.41) is 42.8. The summed E-state index contributed by atoms with van der Waals surface area (Å²) in [5.41, 5.74) is 14.3. The van der Waals surface area contributed by atoms with E-state index in [0.717, 1.165) is 0 Å². The molecule has 0 aromatic carbocycles. The Morgan fingerprint density at radius 1 is 0.841 bits per heavy atom. The van der Waals surface area contributed by atoms with Crippen molar-refractivity contribution in [1.82, 2.24) is 49.1 Å². The topological polar surface area (TPSA) is 262 Å². The first kappa shape index (κ1) is 29.3. The van der Waals surface area contributed by atoms with E-state index in [4.69, 9.17) is 16.2 Å². The maximum Gasteiger partial charge on any atom is 0.343 e. The van der Waals surface area contributed by atoms with Crippen LogP contribution in [0.5, 0.6) is 0 Å². The van der Waals surface area contributed by atoms with Gasteiger partial charge in [0.05, 0.1) is 36.5 Å². The minimum Gasteiger partial charge on any atom is -0.465 e. The number of methoxy groups -OCH3 is 1. The molecule has 0 radical (unpaired) electrons. The molecule has 0 spiro atoms. The van der Waals surface area contributed by atoms with Crippen LogP contribution in [0, 0.1) is 13.8 Å². The Balaban J connectivity index is 1.47. The molecular formula is C24H26N16O4. The molecular weight excluding hydrogens is 576 g/mol. The average molecular weight is 603 g/mol. The number of ether oxygens (including phenoxy) is 1. The Hall–Kier alpha value is -6.18. The zero-order chi connectivity index (χ0) is 31.7. The lowest BCUT2D eigenvalue weighted by atomic mass is 10.2. The van der Waals surface area contributed by atoms with Crippen molar-refractivity contribution in [2.45, 2.75) is 13.8 Å². The number of carbonyl (C=O) groups is 2. The van der Waals surface area contributed by atoms with E-state index in [1.54, 1.807) is 34.0 Å². The van der Waals surface area contributed by atoms with E-state index in [1.807, 2.05) is 0 Å². The summed E-state index contributed by atoms with van der Waals surface area (Å²) in [4.78, 5) is 32.6. The predicted octanol–water partition coefficient (Wildman–Crippen LogP) is 1.89. The molecule has 20 heteroatoms. The fourth-order valence-corrected chi connectivity index (χ4v) is 4.07. The van der Waals surface area contributed by atoms with Crippen LogP contribution in [0.2, 0.25) is 0 Å². The van der Waals surface area contributed by atoms with Gasteiger partial charge in [-0.15, -0.1) is 20.5 Å². The Morgan fingerprint density at radius 3 is 1.80 bits per heavy atom. The first-order valence-corrected chi connectivity index (χ1v) is 12.7. The highest BCUT2D eigenvalue weighted by molar-refractivity contribution is 6.00. The highest BCUT2D eigenvalue weighted by atomic mass is 16.5. The van der Waals surface area contributed by atoms with Crippen LogP contribution in [0.1, 0.15) is 32.1 Å². The number of nitrogens with two attached hydrogens (primary N) is 2. The Morgan fingerprint density at radius 2 is 1.32 bits per heavy atom. The number of carbonyl (C=O) groups excluding carboxylic acids is 2. The van der Waals surface area contributed by atoms with Gasteiger partial charge in [-0.25, -0.2) is 24.1 Å². The van der Waals surface area contributed by atoms with Crippen LogP contribution in [0.25, 0.3) is 11.6 Å². The summed E-state index contributed by atoms with van der Waals surface area (Å²) >= 11 is 0. The second-order valence-electron chi connectivity index (χ2n) is 9.18. The summed E-state index contributed by atoms with van der Waals surface area (Å²) in [6.45, 7) is 2.66. The van der Waals surface area contributed by atoms with Gasteiger partial charge in [0, 0.05) is 20.2 Å². The number of aryl methyl sites for hydroxylation is 4. The Labute approximate surface area is 247 Å². The van der Waals surface area contributed by atoms with Gasteiger partial charge in [0.2, 0.25) is 0 Å². The predicted molar refractivity (Wildman–Crippen MR) is 152 cm³/mol. The Bertz CT molecular complexity index is 1820. The fourth-order valence-electron chi connectivity index (χ4n) is 4.07. The summed E-state index contributed by atoms with van der Waals surface area (Å²) < 4.78 is 10.2. The maximum absolute atomic E-state index is 12.0. The van der Waals surface area contributed by atoms with E-state index in [2.05, 4.69) is 50.8 Å². The zero-order valence-corrected chi connectivity index (χ0v) is 24.1. The summed E-state index contributed by atoms with van der Waals surface area (Å²) in [5.74, 6) is -0.107. The molecule has 44 heavy (non-hydrogen) atoms. The molecule has 5 aromatic heterocycles. The monoisotopic (exact) mass is 602 g/mol. The quantitative estimate of drug-likeness (QED) is 0.124. The first-order valence-electron chi connectivity index (χ1n) is 12.7. The number of hydrogen-bond donors (Lipinski definition) is 3. The van der Waals surface area contributed by atoms with E-state index in [0.29, 0.717) is 11.4 Å². The van der Waals surface area contributed by atoms with Gasteiger partial charge in [-0.1, -0.05) is 0 Å². The number of aliphatic hydroxyl groups excluding tert-OH is 1. The second kappa shape index (κ2) is 11.6. The number of hydrogen-bond acceptors (Lipinski definition) is 16. The molecule has 0 atom stereocenters. The normalized spacial score (nSPS) is 11.7. The Kier molecular flexibility index (Phi) is 7.73. The van der Waals surface area contributed by atoms with Crippen molar-refractivity contribution >= 4 is 46.4 Å². The number of anilines is 2. The number of nitrogen functional groups attached to an aromatic ring is 2. The fraction of sp³-hybridized carbons (Fsp3) is 0.250. The van der Waals surface area contributed by atoms with Crippen molar-refractivity contribution in [3.63, 3.8) is 0 Å². The van der Waals surface area contributed by atoms with Crippen LogP contribution < -0.4 is 11.5 Å². The van der Waals surface area contributed by atoms with E-state index >= 15 is 0 Å². The third kappa shape index (κ3) is 5.15. The van der Waals surface area contributed by atoms with Crippen molar-refractivity contribution in [3.8, 4) is 11.6 Å². The lowest BCUT2D eigenvalue weighted by Gasteiger charge is -2.06. The number of aromatic nitrogens is 10.